The van der Waals surface area contributed by atoms with E-state index in [4.69, 9.17) is 19.3 Å². The Kier molecular flexibility index (Phi) is 6.94. The predicted octanol–water partition coefficient (Wildman–Crippen LogP) is 3.14. The van der Waals surface area contributed by atoms with E-state index in [0.717, 1.165) is 5.75 Å². The van der Waals surface area contributed by atoms with E-state index in [2.05, 4.69) is 5.32 Å². The molecule has 2 aromatic carbocycles. The van der Waals surface area contributed by atoms with Crippen molar-refractivity contribution in [1.29, 1.82) is 0 Å². The molecular weight excluding hydrogens is 374 g/mol. The Morgan fingerprint density at radius 3 is 2.41 bits per heavy atom. The second-order valence-corrected chi connectivity index (χ2v) is 6.78. The van der Waals surface area contributed by atoms with Crippen LogP contribution in [0.25, 0.3) is 0 Å². The molecule has 0 bridgehead atoms. The lowest BCUT2D eigenvalue weighted by molar-refractivity contribution is -0.145. The molecule has 0 spiro atoms. The number of benzene rings is 2. The molecule has 0 saturated heterocycles. The van der Waals surface area contributed by atoms with Gasteiger partial charge in [0.2, 0.25) is 0 Å². The highest BCUT2D eigenvalue weighted by Crippen LogP contribution is 2.30. The number of nitrogens with one attached hydrogen (secondary N) is 1. The lowest BCUT2D eigenvalue weighted by atomic mass is 9.80. The van der Waals surface area contributed by atoms with Crippen LogP contribution in [0.1, 0.15) is 30.1 Å². The first-order chi connectivity index (χ1) is 14.1. The number of carbonyl (C=O) groups is 2. The number of hydrogen-bond acceptors (Lipinski definition) is 5. The van der Waals surface area contributed by atoms with Gasteiger partial charge in [0.1, 0.15) is 19.0 Å². The molecule has 0 radical (unpaired) electrons. The maximum atomic E-state index is 12.4. The van der Waals surface area contributed by atoms with E-state index in [-0.39, 0.29) is 17.9 Å². The topological polar surface area (TPSA) is 94.1 Å². The molecule has 1 fully saturated rings. The number of rotatable bonds is 10. The van der Waals surface area contributed by atoms with E-state index in [1.165, 1.54) is 0 Å². The van der Waals surface area contributed by atoms with Gasteiger partial charge < -0.3 is 24.6 Å². The van der Waals surface area contributed by atoms with E-state index < -0.39 is 5.97 Å². The van der Waals surface area contributed by atoms with Gasteiger partial charge in [-0.05, 0) is 50.1 Å². The largest absolute Gasteiger partial charge is 0.490 e. The van der Waals surface area contributed by atoms with E-state index in [1.807, 2.05) is 37.3 Å². The first-order valence-corrected chi connectivity index (χ1v) is 9.68. The minimum absolute atomic E-state index is 0.106. The van der Waals surface area contributed by atoms with Crippen molar-refractivity contribution < 1.29 is 28.9 Å². The summed E-state index contributed by atoms with van der Waals surface area (Å²) >= 11 is 0. The maximum absolute atomic E-state index is 12.4. The van der Waals surface area contributed by atoms with Crippen molar-refractivity contribution >= 4 is 11.9 Å². The summed E-state index contributed by atoms with van der Waals surface area (Å²) < 4.78 is 17.0. The van der Waals surface area contributed by atoms with Crippen LogP contribution in [0.3, 0.4) is 0 Å². The van der Waals surface area contributed by atoms with Gasteiger partial charge in [-0.2, -0.15) is 0 Å². The molecule has 0 heterocycles. The average molecular weight is 399 g/mol. The SMILES string of the molecule is CCOc1cc(C(=O)NC2CC(C(=O)O)C2)ccc1OCCOc1ccccc1. The van der Waals surface area contributed by atoms with Crippen LogP contribution in [0.5, 0.6) is 17.2 Å². The second-order valence-electron chi connectivity index (χ2n) is 6.78. The highest BCUT2D eigenvalue weighted by Gasteiger charge is 2.35. The zero-order valence-electron chi connectivity index (χ0n) is 16.3. The van der Waals surface area contributed by atoms with Crippen LogP contribution in [0.2, 0.25) is 0 Å². The quantitative estimate of drug-likeness (QED) is 0.596. The lowest BCUT2D eigenvalue weighted by Gasteiger charge is -2.32. The first kappa shape index (κ1) is 20.5. The van der Waals surface area contributed by atoms with Crippen molar-refractivity contribution in [2.75, 3.05) is 19.8 Å². The lowest BCUT2D eigenvalue weighted by Crippen LogP contribution is -2.46. The Hall–Kier alpha value is -3.22. The summed E-state index contributed by atoms with van der Waals surface area (Å²) in [6.07, 6.45) is 0.921. The summed E-state index contributed by atoms with van der Waals surface area (Å²) in [7, 11) is 0. The minimum atomic E-state index is -0.813. The normalized spacial score (nSPS) is 17.7. The van der Waals surface area contributed by atoms with Crippen LogP contribution in [-0.4, -0.2) is 42.8 Å². The molecule has 0 aliphatic heterocycles. The van der Waals surface area contributed by atoms with Crippen LogP contribution in [0.4, 0.5) is 0 Å². The summed E-state index contributed by atoms with van der Waals surface area (Å²) in [6, 6.07) is 14.4. The van der Waals surface area contributed by atoms with Crippen LogP contribution >= 0.6 is 0 Å². The monoisotopic (exact) mass is 399 g/mol. The number of carboxylic acid groups (broad SMARTS) is 1. The fourth-order valence-corrected chi connectivity index (χ4v) is 3.07. The predicted molar refractivity (Wildman–Crippen MR) is 107 cm³/mol. The summed E-state index contributed by atoms with van der Waals surface area (Å²) in [5.41, 5.74) is 0.445. The molecule has 1 saturated carbocycles. The van der Waals surface area contributed by atoms with Crippen molar-refractivity contribution in [3.63, 3.8) is 0 Å². The summed E-state index contributed by atoms with van der Waals surface area (Å²) in [6.45, 7) is 3.00. The second kappa shape index (κ2) is 9.82. The van der Waals surface area contributed by atoms with Crippen molar-refractivity contribution in [3.8, 4) is 17.2 Å². The molecule has 1 aliphatic rings. The zero-order valence-corrected chi connectivity index (χ0v) is 16.3. The van der Waals surface area contributed by atoms with Crippen molar-refractivity contribution in [1.82, 2.24) is 5.32 Å². The van der Waals surface area contributed by atoms with E-state index in [0.29, 0.717) is 49.7 Å². The Balaban J connectivity index is 1.53. The number of amides is 1. The Bertz CT molecular complexity index is 832. The van der Waals surface area contributed by atoms with Crippen LogP contribution in [0.15, 0.2) is 48.5 Å². The highest BCUT2D eigenvalue weighted by atomic mass is 16.5. The zero-order chi connectivity index (χ0) is 20.6. The van der Waals surface area contributed by atoms with Crippen molar-refractivity contribution in [3.05, 3.63) is 54.1 Å². The molecule has 0 atom stereocenters. The molecule has 7 nitrogen and oxygen atoms in total. The number of aliphatic carboxylic acids is 1. The van der Waals surface area contributed by atoms with Crippen molar-refractivity contribution in [2.45, 2.75) is 25.8 Å². The van der Waals surface area contributed by atoms with Gasteiger partial charge in [-0.15, -0.1) is 0 Å². The smallest absolute Gasteiger partial charge is 0.306 e. The first-order valence-electron chi connectivity index (χ1n) is 9.68. The van der Waals surface area contributed by atoms with Crippen molar-refractivity contribution in [2.24, 2.45) is 5.92 Å². The molecule has 3 rings (SSSR count). The van der Waals surface area contributed by atoms with Gasteiger partial charge in [-0.1, -0.05) is 18.2 Å². The third-order valence-corrected chi connectivity index (χ3v) is 4.68. The third kappa shape index (κ3) is 5.63. The fraction of sp³-hybridized carbons (Fsp3) is 0.364. The van der Waals surface area contributed by atoms with Gasteiger partial charge in [-0.25, -0.2) is 0 Å². The van der Waals surface area contributed by atoms with Gasteiger partial charge in [0.05, 0.1) is 12.5 Å². The molecule has 154 valence electrons. The maximum Gasteiger partial charge on any atom is 0.306 e. The Labute approximate surface area is 169 Å². The van der Waals surface area contributed by atoms with E-state index in [1.54, 1.807) is 18.2 Å². The molecule has 29 heavy (non-hydrogen) atoms. The van der Waals surface area contributed by atoms with Gasteiger partial charge in [0, 0.05) is 11.6 Å². The number of hydrogen-bond donors (Lipinski definition) is 2. The Morgan fingerprint density at radius 2 is 1.72 bits per heavy atom. The molecule has 1 amide bonds. The van der Waals surface area contributed by atoms with Crippen LogP contribution < -0.4 is 19.5 Å². The van der Waals surface area contributed by atoms with Gasteiger partial charge in [0.15, 0.2) is 11.5 Å². The summed E-state index contributed by atoms with van der Waals surface area (Å²) in [4.78, 5) is 23.3. The highest BCUT2D eigenvalue weighted by molar-refractivity contribution is 5.95. The third-order valence-electron chi connectivity index (χ3n) is 4.68. The van der Waals surface area contributed by atoms with Gasteiger partial charge >= 0.3 is 5.97 Å². The number of para-hydroxylation sites is 1. The standard InChI is InChI=1S/C22H25NO6/c1-2-27-20-14-15(21(24)23-17-12-16(13-17)22(25)26)8-9-19(20)29-11-10-28-18-6-4-3-5-7-18/h3-9,14,16-17H,2,10-13H2,1H3,(H,23,24)(H,25,26). The van der Waals surface area contributed by atoms with Crippen LogP contribution in [0, 0.1) is 5.92 Å². The van der Waals surface area contributed by atoms with E-state index in [9.17, 15) is 9.59 Å². The van der Waals surface area contributed by atoms with Gasteiger partial charge in [0.25, 0.3) is 5.91 Å². The molecular formula is C22H25NO6. The minimum Gasteiger partial charge on any atom is -0.490 e. The molecule has 0 aromatic heterocycles. The van der Waals surface area contributed by atoms with Crippen LogP contribution in [-0.2, 0) is 4.79 Å². The number of carboxylic acids is 1. The molecule has 2 N–H and O–H groups in total. The molecule has 2 aromatic rings. The number of ether oxygens (including phenoxy) is 3. The molecule has 0 unspecified atom stereocenters. The summed E-state index contributed by atoms with van der Waals surface area (Å²) in [5, 5.41) is 11.8. The summed E-state index contributed by atoms with van der Waals surface area (Å²) in [5.74, 6) is 0.361. The molecule has 1 aliphatic carbocycles. The van der Waals surface area contributed by atoms with E-state index >= 15 is 0 Å². The molecule has 7 heteroatoms. The van der Waals surface area contributed by atoms with Gasteiger partial charge in [-0.3, -0.25) is 9.59 Å². The average Bonchev–Trinajstić information content (AvgIpc) is 2.69. The Morgan fingerprint density at radius 1 is 1.00 bits per heavy atom. The number of carbonyl (C=O) groups excluding carboxylic acids is 1. The fourth-order valence-electron chi connectivity index (χ4n) is 3.07.